The number of nitrogens with two attached hydrogens (primary N) is 2. The first kappa shape index (κ1) is 15.2. The fourth-order valence-corrected chi connectivity index (χ4v) is 2.46. The minimum absolute atomic E-state index is 0. The maximum Gasteiger partial charge on any atom is 0.212 e. The van der Waals surface area contributed by atoms with Crippen molar-refractivity contribution >= 4 is 62.6 Å². The van der Waals surface area contributed by atoms with Crippen molar-refractivity contribution in [3.8, 4) is 11.3 Å². The summed E-state index contributed by atoms with van der Waals surface area (Å²) in [5.74, 6) is -0.0203. The van der Waals surface area contributed by atoms with Crippen LogP contribution in [0.15, 0.2) is 28.6 Å². The molecule has 1 aromatic carbocycles. The number of aromatic nitrogens is 1. The third-order valence-electron chi connectivity index (χ3n) is 1.92. The quantitative estimate of drug-likeness (QED) is 0.628. The minimum Gasteiger partial charge on any atom is -0.370 e. The van der Waals surface area contributed by atoms with E-state index in [1.165, 1.54) is 11.3 Å². The van der Waals surface area contributed by atoms with Gasteiger partial charge in [-0.05, 0) is 18.2 Å². The largest absolute Gasteiger partial charge is 0.370 e. The number of nitrogens with zero attached hydrogens (tertiary/aromatic N) is 2. The van der Waals surface area contributed by atoms with Gasteiger partial charge in [-0.15, -0.1) is 28.3 Å². The maximum atomic E-state index is 6.07. The average Bonchev–Trinajstić information content (AvgIpc) is 2.65. The number of halogens is 3. The Hall–Kier alpha value is -0.820. The Morgan fingerprint density at radius 3 is 2.61 bits per heavy atom. The van der Waals surface area contributed by atoms with E-state index in [4.69, 9.17) is 34.7 Å². The van der Waals surface area contributed by atoms with Gasteiger partial charge < -0.3 is 11.5 Å². The highest BCUT2D eigenvalue weighted by Crippen LogP contribution is 2.32. The highest BCUT2D eigenvalue weighted by molar-refractivity contribution is 8.93. The van der Waals surface area contributed by atoms with E-state index < -0.39 is 0 Å². The van der Waals surface area contributed by atoms with Crippen LogP contribution in [0.4, 0.5) is 5.13 Å². The summed E-state index contributed by atoms with van der Waals surface area (Å²) in [4.78, 5) is 8.12. The SMILES string of the molecule is Br.NC(N)=Nc1nc(-c2ccc(Cl)cc2Cl)cs1. The van der Waals surface area contributed by atoms with Crippen molar-refractivity contribution in [1.82, 2.24) is 4.98 Å². The van der Waals surface area contributed by atoms with Gasteiger partial charge in [0.25, 0.3) is 0 Å². The third kappa shape index (κ3) is 3.58. The standard InChI is InChI=1S/C10H8Cl2N4S.BrH/c11-5-1-2-6(7(12)3-5)8-4-17-10(15-8)16-9(13)14;/h1-4H,(H4,13,14,15,16);1H. The van der Waals surface area contributed by atoms with Crippen molar-refractivity contribution in [2.45, 2.75) is 0 Å². The van der Waals surface area contributed by atoms with Crippen LogP contribution in [0.2, 0.25) is 10.0 Å². The van der Waals surface area contributed by atoms with Crippen molar-refractivity contribution in [3.05, 3.63) is 33.6 Å². The number of hydrogen-bond acceptors (Lipinski definition) is 3. The number of thiazole rings is 1. The molecule has 0 unspecified atom stereocenters. The molecule has 1 aromatic heterocycles. The Morgan fingerprint density at radius 2 is 2.00 bits per heavy atom. The molecule has 0 aliphatic rings. The number of hydrogen-bond donors (Lipinski definition) is 2. The zero-order chi connectivity index (χ0) is 12.4. The molecule has 0 fully saturated rings. The van der Waals surface area contributed by atoms with E-state index in [1.54, 1.807) is 18.2 Å². The van der Waals surface area contributed by atoms with Crippen molar-refractivity contribution in [2.24, 2.45) is 16.5 Å². The topological polar surface area (TPSA) is 77.3 Å². The Morgan fingerprint density at radius 1 is 1.28 bits per heavy atom. The minimum atomic E-state index is -0.0203. The van der Waals surface area contributed by atoms with E-state index >= 15 is 0 Å². The fourth-order valence-electron chi connectivity index (χ4n) is 1.25. The molecule has 0 saturated carbocycles. The summed E-state index contributed by atoms with van der Waals surface area (Å²) >= 11 is 13.2. The van der Waals surface area contributed by atoms with Crippen molar-refractivity contribution in [3.63, 3.8) is 0 Å². The lowest BCUT2D eigenvalue weighted by atomic mass is 10.2. The highest BCUT2D eigenvalue weighted by atomic mass is 79.9. The van der Waals surface area contributed by atoms with Gasteiger partial charge in [0, 0.05) is 16.0 Å². The molecular formula is C10H9BrCl2N4S. The summed E-state index contributed by atoms with van der Waals surface area (Å²) in [7, 11) is 0. The monoisotopic (exact) mass is 366 g/mol. The van der Waals surface area contributed by atoms with Crippen molar-refractivity contribution in [1.29, 1.82) is 0 Å². The molecular weight excluding hydrogens is 359 g/mol. The molecule has 1 heterocycles. The lowest BCUT2D eigenvalue weighted by molar-refractivity contribution is 1.33. The van der Waals surface area contributed by atoms with Gasteiger partial charge in [-0.3, -0.25) is 0 Å². The lowest BCUT2D eigenvalue weighted by Gasteiger charge is -2.00. The molecule has 0 saturated heterocycles. The van der Waals surface area contributed by atoms with Crippen molar-refractivity contribution in [2.75, 3.05) is 0 Å². The van der Waals surface area contributed by atoms with Gasteiger partial charge in [0.2, 0.25) is 5.13 Å². The summed E-state index contributed by atoms with van der Waals surface area (Å²) in [6.07, 6.45) is 0. The number of aliphatic imine (C=N–C) groups is 1. The first-order chi connectivity index (χ1) is 8.06. The number of benzene rings is 1. The zero-order valence-electron chi connectivity index (χ0n) is 8.93. The van der Waals surface area contributed by atoms with Crippen LogP contribution < -0.4 is 11.5 Å². The van der Waals surface area contributed by atoms with Crippen LogP contribution in [0.1, 0.15) is 0 Å². The lowest BCUT2D eigenvalue weighted by Crippen LogP contribution is -2.21. The van der Waals surface area contributed by atoms with Gasteiger partial charge in [-0.2, -0.15) is 4.99 Å². The summed E-state index contributed by atoms with van der Waals surface area (Å²) in [5.41, 5.74) is 12.1. The molecule has 0 amide bonds. The predicted molar refractivity (Wildman–Crippen MR) is 83.4 cm³/mol. The normalized spacial score (nSPS) is 9.67. The second-order valence-electron chi connectivity index (χ2n) is 3.18. The second-order valence-corrected chi connectivity index (χ2v) is 4.86. The van der Waals surface area contributed by atoms with Crippen molar-refractivity contribution < 1.29 is 0 Å². The van der Waals surface area contributed by atoms with Crippen LogP contribution in [0.5, 0.6) is 0 Å². The van der Waals surface area contributed by atoms with Crippen LogP contribution in [-0.2, 0) is 0 Å². The smallest absolute Gasteiger partial charge is 0.212 e. The molecule has 8 heteroatoms. The average molecular weight is 368 g/mol. The van der Waals surface area contributed by atoms with E-state index in [9.17, 15) is 0 Å². The van der Waals surface area contributed by atoms with E-state index in [1.807, 2.05) is 5.38 Å². The molecule has 18 heavy (non-hydrogen) atoms. The summed E-state index contributed by atoms with van der Waals surface area (Å²) in [5, 5.41) is 3.44. The Bertz CT molecular complexity index is 581. The molecule has 2 aromatic rings. The van der Waals surface area contributed by atoms with Crippen LogP contribution in [0.3, 0.4) is 0 Å². The molecule has 2 rings (SSSR count). The van der Waals surface area contributed by atoms with Crippen LogP contribution >= 0.6 is 51.5 Å². The van der Waals surface area contributed by atoms with Gasteiger partial charge in [-0.25, -0.2) is 4.98 Å². The molecule has 0 aliphatic carbocycles. The maximum absolute atomic E-state index is 6.07. The summed E-state index contributed by atoms with van der Waals surface area (Å²) in [6, 6.07) is 5.22. The van der Waals surface area contributed by atoms with Crippen LogP contribution in [-0.4, -0.2) is 10.9 Å². The van der Waals surface area contributed by atoms with Gasteiger partial charge in [-0.1, -0.05) is 23.2 Å². The zero-order valence-corrected chi connectivity index (χ0v) is 13.0. The molecule has 0 atom stereocenters. The molecule has 4 N–H and O–H groups in total. The molecule has 0 spiro atoms. The van der Waals surface area contributed by atoms with Gasteiger partial charge in [0.05, 0.1) is 10.7 Å². The van der Waals surface area contributed by atoms with Gasteiger partial charge in [0.15, 0.2) is 5.96 Å². The summed E-state index contributed by atoms with van der Waals surface area (Å²) < 4.78 is 0. The molecule has 4 nitrogen and oxygen atoms in total. The predicted octanol–water partition coefficient (Wildman–Crippen LogP) is 3.60. The first-order valence-corrected chi connectivity index (χ1v) is 6.20. The van der Waals surface area contributed by atoms with E-state index in [0.29, 0.717) is 15.2 Å². The molecule has 0 radical (unpaired) electrons. The fraction of sp³-hybridized carbons (Fsp3) is 0. The number of guanidine groups is 1. The van der Waals surface area contributed by atoms with Gasteiger partial charge >= 0.3 is 0 Å². The van der Waals surface area contributed by atoms with E-state index in [0.717, 1.165) is 11.3 Å². The van der Waals surface area contributed by atoms with Crippen LogP contribution in [0, 0.1) is 0 Å². The summed E-state index contributed by atoms with van der Waals surface area (Å²) in [6.45, 7) is 0. The first-order valence-electron chi connectivity index (χ1n) is 4.57. The Labute approximate surface area is 128 Å². The highest BCUT2D eigenvalue weighted by Gasteiger charge is 2.08. The molecule has 96 valence electrons. The van der Waals surface area contributed by atoms with Crippen LogP contribution in [0.25, 0.3) is 11.3 Å². The molecule has 0 bridgehead atoms. The van der Waals surface area contributed by atoms with E-state index in [2.05, 4.69) is 9.98 Å². The third-order valence-corrected chi connectivity index (χ3v) is 3.21. The van der Waals surface area contributed by atoms with Gasteiger partial charge in [0.1, 0.15) is 0 Å². The Kier molecular flexibility index (Phi) is 5.40. The molecule has 0 aliphatic heterocycles. The van der Waals surface area contributed by atoms with E-state index in [-0.39, 0.29) is 22.9 Å². The number of rotatable bonds is 2. The second kappa shape index (κ2) is 6.38. The Balaban J connectivity index is 0.00000162.